The molecular weight excluding hydrogens is 366 g/mol. The first-order valence-corrected chi connectivity index (χ1v) is 9.55. The van der Waals surface area contributed by atoms with E-state index in [9.17, 15) is 0 Å². The highest BCUT2D eigenvalue weighted by Gasteiger charge is 2.41. The minimum atomic E-state index is -3.23. The van der Waals surface area contributed by atoms with Gasteiger partial charge < -0.3 is 9.64 Å². The normalized spacial score (nSPS) is 15.1. The lowest BCUT2D eigenvalue weighted by Crippen LogP contribution is -2.35. The molecule has 27 heavy (non-hydrogen) atoms. The molecule has 138 valence electrons. The van der Waals surface area contributed by atoms with E-state index in [1.165, 1.54) is 23.5 Å². The number of nitrogens with zero attached hydrogens (tertiary/aromatic N) is 2. The molecule has 0 atom stereocenters. The molecule has 0 amide bonds. The molecule has 1 aliphatic heterocycles. The van der Waals surface area contributed by atoms with Crippen molar-refractivity contribution in [2.75, 3.05) is 31.2 Å². The van der Waals surface area contributed by atoms with Crippen LogP contribution in [0.15, 0.2) is 42.5 Å². The number of benzene rings is 2. The van der Waals surface area contributed by atoms with E-state index in [2.05, 4.69) is 4.85 Å². The van der Waals surface area contributed by atoms with E-state index in [1.54, 1.807) is 13.0 Å². The highest BCUT2D eigenvalue weighted by atomic mass is 32.1. The predicted molar refractivity (Wildman–Crippen MR) is 105 cm³/mol. The lowest BCUT2D eigenvalue weighted by atomic mass is 9.97. The number of halogens is 2. The van der Waals surface area contributed by atoms with Gasteiger partial charge in [0.25, 0.3) is 5.92 Å². The summed E-state index contributed by atoms with van der Waals surface area (Å²) in [6.07, 6.45) is 0. The van der Waals surface area contributed by atoms with Gasteiger partial charge in [0.2, 0.25) is 5.69 Å². The van der Waals surface area contributed by atoms with Crippen LogP contribution in [0.25, 0.3) is 15.6 Å². The summed E-state index contributed by atoms with van der Waals surface area (Å²) in [4.78, 5) is 5.99. The molecule has 0 bridgehead atoms. The van der Waals surface area contributed by atoms with Crippen molar-refractivity contribution >= 4 is 32.8 Å². The van der Waals surface area contributed by atoms with Crippen molar-refractivity contribution in [3.05, 3.63) is 69.9 Å². The van der Waals surface area contributed by atoms with Gasteiger partial charge in [-0.25, -0.2) is 4.85 Å². The van der Waals surface area contributed by atoms with Gasteiger partial charge in [-0.3, -0.25) is 0 Å². The average molecular weight is 384 g/mol. The van der Waals surface area contributed by atoms with Crippen molar-refractivity contribution in [3.63, 3.8) is 0 Å². The van der Waals surface area contributed by atoms with Gasteiger partial charge in [-0.2, -0.15) is 8.78 Å². The van der Waals surface area contributed by atoms with Gasteiger partial charge in [-0.15, -0.1) is 11.3 Å². The summed E-state index contributed by atoms with van der Waals surface area (Å²) in [6, 6.07) is 12.1. The maximum atomic E-state index is 15.5. The molecule has 2 heterocycles. The highest BCUT2D eigenvalue weighted by Crippen LogP contribution is 2.51. The highest BCUT2D eigenvalue weighted by molar-refractivity contribution is 7.17. The molecule has 0 N–H and O–H groups in total. The van der Waals surface area contributed by atoms with Crippen LogP contribution in [0, 0.1) is 13.5 Å². The van der Waals surface area contributed by atoms with E-state index in [0.717, 1.165) is 10.8 Å². The zero-order valence-corrected chi connectivity index (χ0v) is 15.7. The summed E-state index contributed by atoms with van der Waals surface area (Å²) in [5.41, 5.74) is -0.183. The molecule has 0 spiro atoms. The van der Waals surface area contributed by atoms with Crippen molar-refractivity contribution in [2.45, 2.75) is 12.8 Å². The van der Waals surface area contributed by atoms with E-state index in [4.69, 9.17) is 11.3 Å². The Morgan fingerprint density at radius 2 is 1.81 bits per heavy atom. The fourth-order valence-corrected chi connectivity index (χ4v) is 4.67. The van der Waals surface area contributed by atoms with Crippen LogP contribution >= 0.6 is 11.3 Å². The molecular formula is C21H18F2N2OS. The van der Waals surface area contributed by atoms with Crippen LogP contribution in [-0.4, -0.2) is 26.3 Å². The molecule has 2 aromatic carbocycles. The van der Waals surface area contributed by atoms with Crippen molar-refractivity contribution in [1.82, 2.24) is 0 Å². The van der Waals surface area contributed by atoms with Gasteiger partial charge in [-0.1, -0.05) is 36.4 Å². The minimum absolute atomic E-state index is 0.0672. The topological polar surface area (TPSA) is 16.8 Å². The zero-order chi connectivity index (χ0) is 19.0. The van der Waals surface area contributed by atoms with Gasteiger partial charge in [0.05, 0.1) is 24.8 Å². The molecule has 1 aliphatic rings. The zero-order valence-electron chi connectivity index (χ0n) is 14.8. The second-order valence-corrected chi connectivity index (χ2v) is 7.74. The number of hydrogen-bond acceptors (Lipinski definition) is 3. The van der Waals surface area contributed by atoms with Crippen molar-refractivity contribution < 1.29 is 13.5 Å². The van der Waals surface area contributed by atoms with Gasteiger partial charge in [0.15, 0.2) is 0 Å². The lowest BCUT2D eigenvalue weighted by Gasteiger charge is -2.28. The van der Waals surface area contributed by atoms with Crippen LogP contribution in [0.5, 0.6) is 0 Å². The second-order valence-electron chi connectivity index (χ2n) is 6.53. The molecule has 6 heteroatoms. The van der Waals surface area contributed by atoms with Crippen molar-refractivity contribution in [2.24, 2.45) is 0 Å². The summed E-state index contributed by atoms with van der Waals surface area (Å²) in [7, 11) is 0. The first-order valence-electron chi connectivity index (χ1n) is 8.73. The van der Waals surface area contributed by atoms with E-state index in [-0.39, 0.29) is 16.8 Å². The quantitative estimate of drug-likeness (QED) is 0.536. The Labute approximate surface area is 160 Å². The van der Waals surface area contributed by atoms with E-state index < -0.39 is 5.92 Å². The summed E-state index contributed by atoms with van der Waals surface area (Å²) < 4.78 is 36.4. The Kier molecular flexibility index (Phi) is 4.58. The third-order valence-corrected chi connectivity index (χ3v) is 6.03. The number of ether oxygens (including phenoxy) is 1. The first kappa shape index (κ1) is 17.9. The molecule has 3 aromatic rings. The Hall–Kier alpha value is -2.49. The number of hydrogen-bond donors (Lipinski definition) is 0. The average Bonchev–Trinajstić information content (AvgIpc) is 3.05. The number of morpholine rings is 1. The van der Waals surface area contributed by atoms with Crippen LogP contribution in [0.3, 0.4) is 0 Å². The maximum absolute atomic E-state index is 15.5. The van der Waals surface area contributed by atoms with Crippen LogP contribution in [0.2, 0.25) is 0 Å². The molecule has 0 aliphatic carbocycles. The van der Waals surface area contributed by atoms with Gasteiger partial charge in [0.1, 0.15) is 0 Å². The fourth-order valence-electron chi connectivity index (χ4n) is 3.50. The Morgan fingerprint density at radius 3 is 2.52 bits per heavy atom. The van der Waals surface area contributed by atoms with Crippen LogP contribution in [0.4, 0.5) is 19.5 Å². The largest absolute Gasteiger partial charge is 0.378 e. The van der Waals surface area contributed by atoms with Crippen molar-refractivity contribution in [1.29, 1.82) is 0 Å². The van der Waals surface area contributed by atoms with Gasteiger partial charge in [-0.05, 0) is 23.8 Å². The summed E-state index contributed by atoms with van der Waals surface area (Å²) in [6.45, 7) is 11.6. The lowest BCUT2D eigenvalue weighted by molar-refractivity contribution is 0.0437. The first-order chi connectivity index (χ1) is 13.0. The number of thiophene rings is 1. The maximum Gasteiger partial charge on any atom is 0.290 e. The Bertz CT molecular complexity index is 1030. The number of rotatable bonds is 3. The van der Waals surface area contributed by atoms with E-state index >= 15 is 8.78 Å². The van der Waals surface area contributed by atoms with E-state index in [1.807, 2.05) is 29.2 Å². The smallest absolute Gasteiger partial charge is 0.290 e. The van der Waals surface area contributed by atoms with Crippen molar-refractivity contribution in [3.8, 4) is 0 Å². The minimum Gasteiger partial charge on any atom is -0.378 e. The molecule has 1 fully saturated rings. The standard InChI is InChI=1S/C21H18F2N2OS/c1-14-18(19(24-2)20(27-14)25-9-11-26-12-10-25)21(22,23)17-8-7-15-5-3-4-6-16(15)13-17/h3-8,13H,9-12H2,1H3. The number of aryl methyl sites for hydroxylation is 1. The monoisotopic (exact) mass is 384 g/mol. The Balaban J connectivity index is 1.82. The molecule has 1 aromatic heterocycles. The summed E-state index contributed by atoms with van der Waals surface area (Å²) in [5.74, 6) is -3.23. The summed E-state index contributed by atoms with van der Waals surface area (Å²) in [5, 5.41) is 2.31. The molecule has 1 saturated heterocycles. The third kappa shape index (κ3) is 3.07. The predicted octanol–water partition coefficient (Wildman–Crippen LogP) is 5.74. The fraction of sp³-hybridized carbons (Fsp3) is 0.286. The summed E-state index contributed by atoms with van der Waals surface area (Å²) >= 11 is 1.27. The van der Waals surface area contributed by atoms with Crippen LogP contribution in [0.1, 0.15) is 16.0 Å². The number of fused-ring (bicyclic) bond motifs is 1. The van der Waals surface area contributed by atoms with Crippen LogP contribution < -0.4 is 4.90 Å². The SMILES string of the molecule is [C-]#[N+]c1c(N2CCOCC2)sc(C)c1C(F)(F)c1ccc2ccccc2c1. The van der Waals surface area contributed by atoms with Crippen LogP contribution in [-0.2, 0) is 10.7 Å². The molecule has 0 unspecified atom stereocenters. The number of alkyl halides is 2. The Morgan fingerprint density at radius 1 is 1.11 bits per heavy atom. The molecule has 0 saturated carbocycles. The second kappa shape index (κ2) is 6.91. The molecule has 0 radical (unpaired) electrons. The molecule has 3 nitrogen and oxygen atoms in total. The van der Waals surface area contributed by atoms with Gasteiger partial charge >= 0.3 is 0 Å². The number of anilines is 1. The van der Waals surface area contributed by atoms with E-state index in [0.29, 0.717) is 36.2 Å². The third-order valence-electron chi connectivity index (χ3n) is 4.88. The van der Waals surface area contributed by atoms with Gasteiger partial charge in [0, 0.05) is 29.1 Å². The molecule has 4 rings (SSSR count).